The summed E-state index contributed by atoms with van der Waals surface area (Å²) in [4.78, 5) is 19.1. The van der Waals surface area contributed by atoms with Gasteiger partial charge in [0.2, 0.25) is 0 Å². The van der Waals surface area contributed by atoms with E-state index in [2.05, 4.69) is 15.3 Å². The third-order valence-electron chi connectivity index (χ3n) is 3.86. The van der Waals surface area contributed by atoms with Crippen LogP contribution in [-0.2, 0) is 16.1 Å². The molecule has 0 radical (unpaired) electrons. The number of ether oxygens (including phenoxy) is 1. The first-order valence-corrected chi connectivity index (χ1v) is 7.84. The van der Waals surface area contributed by atoms with Crippen molar-refractivity contribution in [3.05, 3.63) is 16.1 Å². The Hall–Kier alpha value is -0.780. The molecule has 1 saturated heterocycles. The summed E-state index contributed by atoms with van der Waals surface area (Å²) in [5, 5.41) is 3.16. The van der Waals surface area contributed by atoms with Gasteiger partial charge in [-0.15, -0.1) is 11.3 Å². The fourth-order valence-corrected chi connectivity index (χ4v) is 3.55. The van der Waals surface area contributed by atoms with Gasteiger partial charge in [0.25, 0.3) is 0 Å². The van der Waals surface area contributed by atoms with Gasteiger partial charge in [-0.1, -0.05) is 0 Å². The zero-order valence-electron chi connectivity index (χ0n) is 13.2. The SMILES string of the molecule is Cc1nc(CN(C)CC2C(=O)C(C)(C)OC2(C)C)cs1. The number of carbonyl (C=O) groups excluding carboxylic acids is 1. The number of aromatic nitrogens is 1. The van der Waals surface area contributed by atoms with Crippen molar-refractivity contribution in [2.24, 2.45) is 5.92 Å². The predicted molar refractivity (Wildman–Crippen MR) is 80.9 cm³/mol. The Morgan fingerprint density at radius 3 is 2.50 bits per heavy atom. The van der Waals surface area contributed by atoms with E-state index in [-0.39, 0.29) is 11.7 Å². The molecule has 20 heavy (non-hydrogen) atoms. The van der Waals surface area contributed by atoms with Crippen LogP contribution in [0, 0.1) is 12.8 Å². The maximum absolute atomic E-state index is 12.5. The fourth-order valence-electron chi connectivity index (χ4n) is 2.95. The average Bonchev–Trinajstić information content (AvgIpc) is 2.74. The number of nitrogens with zero attached hydrogens (tertiary/aromatic N) is 2. The first-order valence-electron chi connectivity index (χ1n) is 6.96. The van der Waals surface area contributed by atoms with Crippen LogP contribution in [-0.4, -0.2) is 40.5 Å². The molecule has 0 saturated carbocycles. The summed E-state index contributed by atoms with van der Waals surface area (Å²) >= 11 is 1.66. The molecule has 0 bridgehead atoms. The largest absolute Gasteiger partial charge is 0.361 e. The number of thiazole rings is 1. The van der Waals surface area contributed by atoms with Gasteiger partial charge >= 0.3 is 0 Å². The summed E-state index contributed by atoms with van der Waals surface area (Å²) in [6.07, 6.45) is 0. The molecule has 4 nitrogen and oxygen atoms in total. The Bertz CT molecular complexity index is 508. The smallest absolute Gasteiger partial charge is 0.171 e. The van der Waals surface area contributed by atoms with E-state index in [1.54, 1.807) is 11.3 Å². The van der Waals surface area contributed by atoms with Crippen LogP contribution >= 0.6 is 11.3 Å². The summed E-state index contributed by atoms with van der Waals surface area (Å²) in [5.74, 6) is 0.103. The van der Waals surface area contributed by atoms with E-state index in [0.29, 0.717) is 6.54 Å². The van der Waals surface area contributed by atoms with E-state index in [0.717, 1.165) is 17.2 Å². The lowest BCUT2D eigenvalue weighted by molar-refractivity contribution is -0.132. The molecule has 1 aliphatic heterocycles. The van der Waals surface area contributed by atoms with Crippen LogP contribution < -0.4 is 0 Å². The quantitative estimate of drug-likeness (QED) is 0.856. The molecule has 112 valence electrons. The maximum atomic E-state index is 12.5. The first-order chi connectivity index (χ1) is 9.12. The molecular formula is C15H24N2O2S. The van der Waals surface area contributed by atoms with Crippen molar-refractivity contribution >= 4 is 17.1 Å². The monoisotopic (exact) mass is 296 g/mol. The standard InChI is InChI=1S/C15H24N2O2S/c1-10-16-11(9-20-10)7-17(6)8-12-13(18)15(4,5)19-14(12,2)3/h9,12H,7-8H2,1-6H3. The molecule has 1 aliphatic rings. The number of Topliss-reactive ketones (excluding diaryl/α,β-unsaturated/α-hetero) is 1. The molecule has 1 fully saturated rings. The Morgan fingerprint density at radius 1 is 1.40 bits per heavy atom. The van der Waals surface area contributed by atoms with E-state index in [4.69, 9.17) is 4.74 Å². The number of aryl methyl sites for hydroxylation is 1. The van der Waals surface area contributed by atoms with Crippen LogP contribution in [0.15, 0.2) is 5.38 Å². The van der Waals surface area contributed by atoms with Crippen LogP contribution in [0.1, 0.15) is 38.4 Å². The molecule has 1 unspecified atom stereocenters. The summed E-state index contributed by atoms with van der Waals surface area (Å²) in [5.41, 5.74) is -0.0163. The second-order valence-electron chi connectivity index (χ2n) is 6.69. The topological polar surface area (TPSA) is 42.4 Å². The van der Waals surface area contributed by atoms with Gasteiger partial charge in [-0.25, -0.2) is 4.98 Å². The number of hydrogen-bond acceptors (Lipinski definition) is 5. The minimum atomic E-state index is -0.674. The number of rotatable bonds is 4. The number of carbonyl (C=O) groups is 1. The second-order valence-corrected chi connectivity index (χ2v) is 7.75. The highest BCUT2D eigenvalue weighted by Crippen LogP contribution is 2.39. The van der Waals surface area contributed by atoms with Crippen LogP contribution in [0.2, 0.25) is 0 Å². The van der Waals surface area contributed by atoms with Crippen molar-refractivity contribution in [1.29, 1.82) is 0 Å². The molecule has 0 N–H and O–H groups in total. The van der Waals surface area contributed by atoms with E-state index in [1.807, 2.05) is 41.7 Å². The lowest BCUT2D eigenvalue weighted by atomic mass is 9.85. The lowest BCUT2D eigenvalue weighted by Gasteiger charge is -2.28. The molecule has 0 aliphatic carbocycles. The van der Waals surface area contributed by atoms with Crippen molar-refractivity contribution in [1.82, 2.24) is 9.88 Å². The minimum Gasteiger partial charge on any atom is -0.361 e. The highest BCUT2D eigenvalue weighted by Gasteiger charge is 2.53. The predicted octanol–water partition coefficient (Wildman–Crippen LogP) is 2.66. The Balaban J connectivity index is 2.03. The van der Waals surface area contributed by atoms with E-state index >= 15 is 0 Å². The second kappa shape index (κ2) is 5.20. The van der Waals surface area contributed by atoms with Gasteiger partial charge in [0.15, 0.2) is 5.78 Å². The first kappa shape index (κ1) is 15.6. The molecule has 5 heteroatoms. The normalized spacial score (nSPS) is 24.6. The van der Waals surface area contributed by atoms with Crippen LogP contribution in [0.25, 0.3) is 0 Å². The van der Waals surface area contributed by atoms with Gasteiger partial charge in [-0.3, -0.25) is 9.69 Å². The molecule has 2 rings (SSSR count). The number of ketones is 1. The van der Waals surface area contributed by atoms with E-state index < -0.39 is 11.2 Å². The van der Waals surface area contributed by atoms with Crippen LogP contribution in [0.4, 0.5) is 0 Å². The molecule has 2 heterocycles. The van der Waals surface area contributed by atoms with Crippen molar-refractivity contribution in [3.8, 4) is 0 Å². The summed E-state index contributed by atoms with van der Waals surface area (Å²) in [6, 6.07) is 0. The molecule has 1 atom stereocenters. The van der Waals surface area contributed by atoms with Crippen molar-refractivity contribution in [2.45, 2.75) is 52.4 Å². The zero-order chi connectivity index (χ0) is 15.1. The van der Waals surface area contributed by atoms with Gasteiger partial charge in [0, 0.05) is 18.5 Å². The Labute approximate surface area is 125 Å². The minimum absolute atomic E-state index is 0.0952. The summed E-state index contributed by atoms with van der Waals surface area (Å²) in [6.45, 7) is 11.2. The maximum Gasteiger partial charge on any atom is 0.171 e. The highest BCUT2D eigenvalue weighted by atomic mass is 32.1. The zero-order valence-corrected chi connectivity index (χ0v) is 14.0. The van der Waals surface area contributed by atoms with Crippen molar-refractivity contribution in [3.63, 3.8) is 0 Å². The van der Waals surface area contributed by atoms with Gasteiger partial charge in [-0.2, -0.15) is 0 Å². The van der Waals surface area contributed by atoms with Crippen molar-refractivity contribution < 1.29 is 9.53 Å². The Morgan fingerprint density at radius 2 is 2.05 bits per heavy atom. The van der Waals surface area contributed by atoms with Gasteiger partial charge in [-0.05, 0) is 41.7 Å². The Kier molecular flexibility index (Phi) is 4.06. The van der Waals surface area contributed by atoms with Gasteiger partial charge < -0.3 is 4.74 Å². The molecule has 0 amide bonds. The van der Waals surface area contributed by atoms with E-state index in [1.165, 1.54) is 0 Å². The van der Waals surface area contributed by atoms with Crippen LogP contribution in [0.5, 0.6) is 0 Å². The van der Waals surface area contributed by atoms with Gasteiger partial charge in [0.05, 0.1) is 22.2 Å². The van der Waals surface area contributed by atoms with Crippen molar-refractivity contribution in [2.75, 3.05) is 13.6 Å². The summed E-state index contributed by atoms with van der Waals surface area (Å²) < 4.78 is 5.93. The number of hydrogen-bond donors (Lipinski definition) is 0. The molecule has 0 aromatic carbocycles. The highest BCUT2D eigenvalue weighted by molar-refractivity contribution is 7.09. The summed E-state index contributed by atoms with van der Waals surface area (Å²) in [7, 11) is 2.03. The molecule has 1 aromatic heterocycles. The molecule has 0 spiro atoms. The lowest BCUT2D eigenvalue weighted by Crippen LogP contribution is -2.39. The molecule has 1 aromatic rings. The van der Waals surface area contributed by atoms with Crippen LogP contribution in [0.3, 0.4) is 0 Å². The average molecular weight is 296 g/mol. The van der Waals surface area contributed by atoms with E-state index in [9.17, 15) is 4.79 Å². The fraction of sp³-hybridized carbons (Fsp3) is 0.733. The van der Waals surface area contributed by atoms with Gasteiger partial charge in [0.1, 0.15) is 5.60 Å². The molecular weight excluding hydrogens is 272 g/mol. The third kappa shape index (κ3) is 3.10. The third-order valence-corrected chi connectivity index (χ3v) is 4.68.